The number of carboxylic acid groups (broad SMARTS) is 1. The molecule has 1 aromatic heterocycles. The first-order chi connectivity index (χ1) is 8.15. The normalized spacial score (nSPS) is 9.94. The van der Waals surface area contributed by atoms with Crippen molar-refractivity contribution in [1.82, 2.24) is 4.98 Å². The van der Waals surface area contributed by atoms with Crippen LogP contribution in [0.25, 0.3) is 0 Å². The van der Waals surface area contributed by atoms with Crippen LogP contribution in [0.2, 0.25) is 0 Å². The molecule has 17 heavy (non-hydrogen) atoms. The van der Waals surface area contributed by atoms with Gasteiger partial charge < -0.3 is 9.84 Å². The van der Waals surface area contributed by atoms with E-state index in [0.717, 1.165) is 4.47 Å². The maximum absolute atomic E-state index is 10.8. The quantitative estimate of drug-likeness (QED) is 0.943. The Morgan fingerprint density at radius 2 is 2.12 bits per heavy atom. The van der Waals surface area contributed by atoms with Crippen molar-refractivity contribution in [3.8, 4) is 11.6 Å². The summed E-state index contributed by atoms with van der Waals surface area (Å²) in [6.07, 6.45) is 1.40. The maximum atomic E-state index is 10.8. The van der Waals surface area contributed by atoms with Gasteiger partial charge in [-0.2, -0.15) is 0 Å². The number of hydrogen-bond donors (Lipinski definition) is 1. The number of halogens is 1. The van der Waals surface area contributed by atoms with Crippen molar-refractivity contribution >= 4 is 21.9 Å². The minimum Gasteiger partial charge on any atom is -0.478 e. The van der Waals surface area contributed by atoms with Crippen molar-refractivity contribution in [1.29, 1.82) is 0 Å². The first-order valence-electron chi connectivity index (χ1n) is 4.78. The highest BCUT2D eigenvalue weighted by molar-refractivity contribution is 9.10. The highest BCUT2D eigenvalue weighted by Crippen LogP contribution is 2.23. The summed E-state index contributed by atoms with van der Waals surface area (Å²) >= 11 is 3.32. The molecule has 0 aliphatic rings. The van der Waals surface area contributed by atoms with Gasteiger partial charge >= 0.3 is 5.97 Å². The largest absolute Gasteiger partial charge is 0.478 e. The lowest BCUT2D eigenvalue weighted by Gasteiger charge is -2.05. The number of carbonyl (C=O) groups is 1. The summed E-state index contributed by atoms with van der Waals surface area (Å²) in [4.78, 5) is 14.7. The molecule has 2 aromatic rings. The van der Waals surface area contributed by atoms with E-state index < -0.39 is 5.97 Å². The van der Waals surface area contributed by atoms with E-state index in [1.54, 1.807) is 12.1 Å². The fraction of sp³-hybridized carbons (Fsp3) is 0. The maximum Gasteiger partial charge on any atom is 0.335 e. The summed E-state index contributed by atoms with van der Waals surface area (Å²) in [6.45, 7) is 0. The van der Waals surface area contributed by atoms with Crippen LogP contribution < -0.4 is 4.74 Å². The van der Waals surface area contributed by atoms with Crippen molar-refractivity contribution in [2.75, 3.05) is 0 Å². The molecule has 0 bridgehead atoms. The van der Waals surface area contributed by atoms with Gasteiger partial charge in [0.25, 0.3) is 0 Å². The van der Waals surface area contributed by atoms with Crippen LogP contribution in [0.4, 0.5) is 0 Å². The molecule has 1 heterocycles. The van der Waals surface area contributed by atoms with E-state index in [2.05, 4.69) is 20.9 Å². The third kappa shape index (κ3) is 3.04. The van der Waals surface area contributed by atoms with E-state index in [-0.39, 0.29) is 11.4 Å². The number of nitrogens with zero attached hydrogens (tertiary/aromatic N) is 1. The fourth-order valence-corrected chi connectivity index (χ4v) is 1.63. The Morgan fingerprint density at radius 3 is 2.82 bits per heavy atom. The number of ether oxygens (including phenoxy) is 1. The molecular formula is C12H8BrNO3. The Hall–Kier alpha value is -1.88. The average molecular weight is 294 g/mol. The van der Waals surface area contributed by atoms with Crippen LogP contribution in [0.5, 0.6) is 11.6 Å². The Morgan fingerprint density at radius 1 is 1.29 bits per heavy atom. The summed E-state index contributed by atoms with van der Waals surface area (Å²) in [6, 6.07) is 10.0. The fourth-order valence-electron chi connectivity index (χ4n) is 1.25. The number of aromatic nitrogens is 1. The van der Waals surface area contributed by atoms with Crippen molar-refractivity contribution in [2.45, 2.75) is 0 Å². The van der Waals surface area contributed by atoms with Crippen molar-refractivity contribution in [3.05, 3.63) is 52.6 Å². The van der Waals surface area contributed by atoms with E-state index in [1.165, 1.54) is 18.3 Å². The molecule has 4 nitrogen and oxygen atoms in total. The van der Waals surface area contributed by atoms with E-state index in [1.807, 2.05) is 12.1 Å². The van der Waals surface area contributed by atoms with Gasteiger partial charge in [-0.15, -0.1) is 0 Å². The first kappa shape index (κ1) is 11.6. The van der Waals surface area contributed by atoms with Gasteiger partial charge in [0, 0.05) is 16.7 Å². The van der Waals surface area contributed by atoms with Crippen LogP contribution in [0, 0.1) is 0 Å². The molecule has 0 fully saturated rings. The minimum absolute atomic E-state index is 0.144. The number of benzene rings is 1. The lowest BCUT2D eigenvalue weighted by molar-refractivity contribution is 0.0696. The molecule has 2 rings (SSSR count). The zero-order valence-corrected chi connectivity index (χ0v) is 10.2. The first-order valence-corrected chi connectivity index (χ1v) is 5.57. The van der Waals surface area contributed by atoms with Crippen LogP contribution in [-0.4, -0.2) is 16.1 Å². The van der Waals surface area contributed by atoms with Crippen LogP contribution in [0.3, 0.4) is 0 Å². The summed E-state index contributed by atoms with van der Waals surface area (Å²) in [5.74, 6) is -0.163. The predicted octanol–water partition coefficient (Wildman–Crippen LogP) is 3.33. The molecule has 0 aliphatic heterocycles. The van der Waals surface area contributed by atoms with Crippen molar-refractivity contribution in [3.63, 3.8) is 0 Å². The van der Waals surface area contributed by atoms with Crippen LogP contribution in [0.1, 0.15) is 10.4 Å². The van der Waals surface area contributed by atoms with Gasteiger partial charge in [-0.05, 0) is 24.3 Å². The molecule has 0 amide bonds. The average Bonchev–Trinajstić information content (AvgIpc) is 2.29. The topological polar surface area (TPSA) is 59.4 Å². The standard InChI is InChI=1S/C12H8BrNO3/c13-9-2-1-3-10(7-9)17-11-6-8(12(15)16)4-5-14-11/h1-7H,(H,15,16). The number of rotatable bonds is 3. The molecule has 0 saturated heterocycles. The zero-order valence-electron chi connectivity index (χ0n) is 8.63. The van der Waals surface area contributed by atoms with E-state index in [0.29, 0.717) is 5.75 Å². The van der Waals surface area contributed by atoms with Gasteiger partial charge in [-0.1, -0.05) is 22.0 Å². The molecule has 1 N–H and O–H groups in total. The van der Waals surface area contributed by atoms with Crippen molar-refractivity contribution in [2.24, 2.45) is 0 Å². The third-order valence-electron chi connectivity index (χ3n) is 2.00. The molecular weight excluding hydrogens is 286 g/mol. The van der Waals surface area contributed by atoms with E-state index in [9.17, 15) is 4.79 Å². The smallest absolute Gasteiger partial charge is 0.335 e. The van der Waals surface area contributed by atoms with Gasteiger partial charge in [0.05, 0.1) is 5.56 Å². The number of hydrogen-bond acceptors (Lipinski definition) is 3. The summed E-state index contributed by atoms with van der Waals surface area (Å²) < 4.78 is 6.32. The lowest BCUT2D eigenvalue weighted by atomic mass is 10.3. The molecule has 86 valence electrons. The molecule has 0 aliphatic carbocycles. The molecule has 0 radical (unpaired) electrons. The predicted molar refractivity (Wildman–Crippen MR) is 65.4 cm³/mol. The van der Waals surface area contributed by atoms with Gasteiger partial charge in [-0.3, -0.25) is 0 Å². The summed E-state index contributed by atoms with van der Waals surface area (Å²) in [5, 5.41) is 8.83. The Bertz CT molecular complexity index is 557. The van der Waals surface area contributed by atoms with Gasteiger partial charge in [0.2, 0.25) is 5.88 Å². The molecule has 0 saturated carbocycles. The number of pyridine rings is 1. The summed E-state index contributed by atoms with van der Waals surface area (Å²) in [5.41, 5.74) is 0.144. The van der Waals surface area contributed by atoms with Gasteiger partial charge in [-0.25, -0.2) is 9.78 Å². The van der Waals surface area contributed by atoms with E-state index >= 15 is 0 Å². The number of aromatic carboxylic acids is 1. The van der Waals surface area contributed by atoms with Crippen LogP contribution >= 0.6 is 15.9 Å². The molecule has 0 unspecified atom stereocenters. The van der Waals surface area contributed by atoms with Crippen LogP contribution in [-0.2, 0) is 0 Å². The van der Waals surface area contributed by atoms with Gasteiger partial charge in [0.15, 0.2) is 0 Å². The summed E-state index contributed by atoms with van der Waals surface area (Å²) in [7, 11) is 0. The van der Waals surface area contributed by atoms with E-state index in [4.69, 9.17) is 9.84 Å². The Kier molecular flexibility index (Phi) is 3.39. The molecule has 0 spiro atoms. The highest BCUT2D eigenvalue weighted by Gasteiger charge is 2.05. The Labute approximate surface area is 106 Å². The zero-order chi connectivity index (χ0) is 12.3. The number of carboxylic acids is 1. The Balaban J connectivity index is 2.24. The van der Waals surface area contributed by atoms with Crippen LogP contribution in [0.15, 0.2) is 47.1 Å². The molecule has 0 atom stereocenters. The SMILES string of the molecule is O=C(O)c1ccnc(Oc2cccc(Br)c2)c1. The second kappa shape index (κ2) is 4.97. The molecule has 5 heteroatoms. The minimum atomic E-state index is -1.01. The second-order valence-electron chi connectivity index (χ2n) is 3.25. The second-order valence-corrected chi connectivity index (χ2v) is 4.16. The van der Waals surface area contributed by atoms with Crippen molar-refractivity contribution < 1.29 is 14.6 Å². The monoisotopic (exact) mass is 293 g/mol. The molecule has 1 aromatic carbocycles. The third-order valence-corrected chi connectivity index (χ3v) is 2.49. The van der Waals surface area contributed by atoms with Gasteiger partial charge in [0.1, 0.15) is 5.75 Å². The highest BCUT2D eigenvalue weighted by atomic mass is 79.9. The lowest BCUT2D eigenvalue weighted by Crippen LogP contribution is -1.97.